The maximum atomic E-state index is 4.16. The fourth-order valence-electron chi connectivity index (χ4n) is 3.10. The summed E-state index contributed by atoms with van der Waals surface area (Å²) in [6, 6.07) is 4.42. The van der Waals surface area contributed by atoms with Gasteiger partial charge >= 0.3 is 0 Å². The lowest BCUT2D eigenvalue weighted by molar-refractivity contribution is 0.276. The largest absolute Gasteiger partial charge is 0.316 e. The molecule has 100 valence electrons. The van der Waals surface area contributed by atoms with E-state index in [1.165, 1.54) is 37.7 Å². The van der Waals surface area contributed by atoms with E-state index < -0.39 is 0 Å². The summed E-state index contributed by atoms with van der Waals surface area (Å²) in [6.07, 6.45) is 10.7. The Kier molecular flexibility index (Phi) is 4.76. The van der Waals surface area contributed by atoms with E-state index in [9.17, 15) is 0 Å². The van der Waals surface area contributed by atoms with Crippen molar-refractivity contribution in [3.63, 3.8) is 0 Å². The lowest BCUT2D eigenvalue weighted by Crippen LogP contribution is -2.41. The number of hydrogen-bond donors (Lipinski definition) is 1. The highest BCUT2D eigenvalue weighted by molar-refractivity contribution is 5.24. The number of nitrogens with zero attached hydrogens (tertiary/aromatic N) is 1. The van der Waals surface area contributed by atoms with Crippen LogP contribution in [0.3, 0.4) is 0 Å². The highest BCUT2D eigenvalue weighted by atomic mass is 14.9. The minimum absolute atomic E-state index is 0.357. The van der Waals surface area contributed by atoms with Gasteiger partial charge in [-0.2, -0.15) is 0 Å². The lowest BCUT2D eigenvalue weighted by atomic mass is 9.69. The molecule has 0 unspecified atom stereocenters. The van der Waals surface area contributed by atoms with Gasteiger partial charge in [0, 0.05) is 24.4 Å². The molecule has 0 aromatic carbocycles. The molecule has 1 heterocycles. The summed E-state index contributed by atoms with van der Waals surface area (Å²) in [6.45, 7) is 6.78. The zero-order chi connectivity index (χ0) is 12.8. The first kappa shape index (κ1) is 13.5. The van der Waals surface area contributed by atoms with Crippen molar-refractivity contribution in [3.8, 4) is 0 Å². The molecule has 0 radical (unpaired) electrons. The van der Waals surface area contributed by atoms with E-state index in [1.807, 2.05) is 12.4 Å². The summed E-state index contributed by atoms with van der Waals surface area (Å²) in [5.74, 6) is 0.725. The van der Waals surface area contributed by atoms with E-state index in [2.05, 4.69) is 36.3 Å². The normalized spacial score (nSPS) is 19.1. The topological polar surface area (TPSA) is 24.9 Å². The van der Waals surface area contributed by atoms with Crippen LogP contribution in [0.15, 0.2) is 24.5 Å². The minimum Gasteiger partial charge on any atom is -0.316 e. The summed E-state index contributed by atoms with van der Waals surface area (Å²) in [4.78, 5) is 4.16. The molecular weight excluding hydrogens is 220 g/mol. The average molecular weight is 246 g/mol. The van der Waals surface area contributed by atoms with Crippen molar-refractivity contribution >= 4 is 0 Å². The summed E-state index contributed by atoms with van der Waals surface area (Å²) in [7, 11) is 0. The molecule has 0 saturated heterocycles. The standard InChI is InChI=1S/C16H26N2/c1-14(2)12-18-13-16(8-4-3-5-9-16)15-6-10-17-11-7-15/h6-7,10-11,14,18H,3-5,8-9,12-13H2,1-2H3. The Hall–Kier alpha value is -0.890. The highest BCUT2D eigenvalue weighted by Gasteiger charge is 2.33. The van der Waals surface area contributed by atoms with E-state index in [0.29, 0.717) is 5.41 Å². The Bertz CT molecular complexity index is 339. The molecule has 0 spiro atoms. The van der Waals surface area contributed by atoms with Gasteiger partial charge in [-0.25, -0.2) is 0 Å². The molecule has 1 aromatic heterocycles. The summed E-state index contributed by atoms with van der Waals surface area (Å²) in [5, 5.41) is 3.67. The maximum Gasteiger partial charge on any atom is 0.0270 e. The van der Waals surface area contributed by atoms with Gasteiger partial charge in [0.15, 0.2) is 0 Å². The number of aromatic nitrogens is 1. The fourth-order valence-corrected chi connectivity index (χ4v) is 3.10. The smallest absolute Gasteiger partial charge is 0.0270 e. The molecule has 18 heavy (non-hydrogen) atoms. The highest BCUT2D eigenvalue weighted by Crippen LogP contribution is 2.38. The second-order valence-corrected chi connectivity index (χ2v) is 6.10. The second-order valence-electron chi connectivity index (χ2n) is 6.10. The zero-order valence-electron chi connectivity index (χ0n) is 11.8. The molecule has 1 aliphatic carbocycles. The molecule has 1 N–H and O–H groups in total. The first-order chi connectivity index (χ1) is 8.73. The third-order valence-electron chi connectivity index (χ3n) is 4.12. The van der Waals surface area contributed by atoms with Crippen molar-refractivity contribution in [2.24, 2.45) is 5.92 Å². The van der Waals surface area contributed by atoms with Crippen LogP contribution in [0, 0.1) is 5.92 Å². The van der Waals surface area contributed by atoms with Crippen LogP contribution in [0.2, 0.25) is 0 Å². The molecule has 1 aromatic rings. The molecule has 0 bridgehead atoms. The summed E-state index contributed by atoms with van der Waals surface area (Å²) in [5.41, 5.74) is 1.84. The van der Waals surface area contributed by atoms with E-state index >= 15 is 0 Å². The van der Waals surface area contributed by atoms with Gasteiger partial charge in [0.2, 0.25) is 0 Å². The average Bonchev–Trinajstić information content (AvgIpc) is 2.40. The van der Waals surface area contributed by atoms with Gasteiger partial charge in [-0.15, -0.1) is 0 Å². The van der Waals surface area contributed by atoms with E-state index in [1.54, 1.807) is 0 Å². The monoisotopic (exact) mass is 246 g/mol. The van der Waals surface area contributed by atoms with Crippen LogP contribution in [0.4, 0.5) is 0 Å². The van der Waals surface area contributed by atoms with Crippen LogP contribution in [-0.2, 0) is 5.41 Å². The van der Waals surface area contributed by atoms with Gasteiger partial charge in [-0.1, -0.05) is 33.1 Å². The van der Waals surface area contributed by atoms with Gasteiger partial charge < -0.3 is 5.32 Å². The number of pyridine rings is 1. The second kappa shape index (κ2) is 6.33. The third-order valence-corrected chi connectivity index (χ3v) is 4.12. The molecule has 1 fully saturated rings. The molecular formula is C16H26N2. The van der Waals surface area contributed by atoms with Crippen molar-refractivity contribution in [1.29, 1.82) is 0 Å². The molecule has 0 aliphatic heterocycles. The Morgan fingerprint density at radius 1 is 1.17 bits per heavy atom. The Morgan fingerprint density at radius 3 is 2.44 bits per heavy atom. The molecule has 1 aliphatic rings. The summed E-state index contributed by atoms with van der Waals surface area (Å²) < 4.78 is 0. The molecule has 0 atom stereocenters. The molecule has 1 saturated carbocycles. The Morgan fingerprint density at radius 2 is 1.83 bits per heavy atom. The molecule has 2 heteroatoms. The van der Waals surface area contributed by atoms with Crippen LogP contribution in [0.1, 0.15) is 51.5 Å². The predicted octanol–water partition coefficient (Wildman–Crippen LogP) is 3.53. The summed E-state index contributed by atoms with van der Waals surface area (Å²) >= 11 is 0. The van der Waals surface area contributed by atoms with Crippen LogP contribution in [0.5, 0.6) is 0 Å². The van der Waals surface area contributed by atoms with E-state index in [-0.39, 0.29) is 0 Å². The van der Waals surface area contributed by atoms with Crippen LogP contribution in [-0.4, -0.2) is 18.1 Å². The van der Waals surface area contributed by atoms with Crippen molar-refractivity contribution in [2.45, 2.75) is 51.4 Å². The van der Waals surface area contributed by atoms with Crippen LogP contribution >= 0.6 is 0 Å². The predicted molar refractivity (Wildman–Crippen MR) is 76.7 cm³/mol. The number of nitrogens with one attached hydrogen (secondary N) is 1. The fraction of sp³-hybridized carbons (Fsp3) is 0.688. The van der Waals surface area contributed by atoms with Gasteiger partial charge in [0.05, 0.1) is 0 Å². The number of rotatable bonds is 5. The van der Waals surface area contributed by atoms with Gasteiger partial charge in [0.1, 0.15) is 0 Å². The quantitative estimate of drug-likeness (QED) is 0.859. The maximum absolute atomic E-state index is 4.16. The van der Waals surface area contributed by atoms with Gasteiger partial charge in [0.25, 0.3) is 0 Å². The zero-order valence-corrected chi connectivity index (χ0v) is 11.8. The SMILES string of the molecule is CC(C)CNCC1(c2ccncc2)CCCCC1. The Labute approximate surface area is 111 Å². The first-order valence-electron chi connectivity index (χ1n) is 7.34. The van der Waals surface area contributed by atoms with E-state index in [4.69, 9.17) is 0 Å². The van der Waals surface area contributed by atoms with Crippen molar-refractivity contribution in [1.82, 2.24) is 10.3 Å². The van der Waals surface area contributed by atoms with Crippen LogP contribution in [0.25, 0.3) is 0 Å². The first-order valence-corrected chi connectivity index (χ1v) is 7.34. The van der Waals surface area contributed by atoms with Gasteiger partial charge in [-0.05, 0) is 43.0 Å². The molecule has 0 amide bonds. The minimum atomic E-state index is 0.357. The lowest BCUT2D eigenvalue weighted by Gasteiger charge is -2.38. The van der Waals surface area contributed by atoms with Crippen molar-refractivity contribution < 1.29 is 0 Å². The third kappa shape index (κ3) is 3.32. The molecule has 2 rings (SSSR count). The van der Waals surface area contributed by atoms with Gasteiger partial charge in [-0.3, -0.25) is 4.98 Å². The Balaban J connectivity index is 2.08. The van der Waals surface area contributed by atoms with E-state index in [0.717, 1.165) is 19.0 Å². The number of hydrogen-bond acceptors (Lipinski definition) is 2. The molecule has 2 nitrogen and oxygen atoms in total. The van der Waals surface area contributed by atoms with Crippen molar-refractivity contribution in [3.05, 3.63) is 30.1 Å². The van der Waals surface area contributed by atoms with Crippen LogP contribution < -0.4 is 5.32 Å². The van der Waals surface area contributed by atoms with Crippen molar-refractivity contribution in [2.75, 3.05) is 13.1 Å².